The second kappa shape index (κ2) is 7.20. The van der Waals surface area contributed by atoms with Gasteiger partial charge < -0.3 is 0 Å². The van der Waals surface area contributed by atoms with Gasteiger partial charge in [0.1, 0.15) is 10.6 Å². The molecule has 0 saturated heterocycles. The first-order valence-electron chi connectivity index (χ1n) is 8.98. The van der Waals surface area contributed by atoms with Gasteiger partial charge in [-0.2, -0.15) is 0 Å². The lowest BCUT2D eigenvalue weighted by Crippen LogP contribution is -2.40. The standard InChI is InChI=1S/C22H19FN2O2S/c1-14-15(2)28-21-19(14)20(26)24(12-16-8-4-3-5-9-16)22(27)25(21)13-17-10-6-7-11-18(17)23/h3-11H,12-13H2,1-2H3. The molecule has 2 aromatic carbocycles. The number of benzene rings is 2. The molecule has 6 heteroatoms. The van der Waals surface area contributed by atoms with Crippen molar-refractivity contribution in [3.63, 3.8) is 0 Å². The molecule has 0 spiro atoms. The van der Waals surface area contributed by atoms with Crippen LogP contribution in [-0.4, -0.2) is 9.13 Å². The number of aromatic nitrogens is 2. The molecular weight excluding hydrogens is 375 g/mol. The Morgan fingerprint density at radius 1 is 0.893 bits per heavy atom. The molecule has 0 aliphatic carbocycles. The maximum absolute atomic E-state index is 14.2. The predicted molar refractivity (Wildman–Crippen MR) is 111 cm³/mol. The van der Waals surface area contributed by atoms with Crippen LogP contribution in [0.4, 0.5) is 4.39 Å². The van der Waals surface area contributed by atoms with E-state index in [1.54, 1.807) is 18.2 Å². The van der Waals surface area contributed by atoms with Crippen LogP contribution in [0.15, 0.2) is 64.2 Å². The van der Waals surface area contributed by atoms with E-state index in [-0.39, 0.29) is 24.5 Å². The molecule has 28 heavy (non-hydrogen) atoms. The lowest BCUT2D eigenvalue weighted by molar-refractivity contribution is 0.585. The minimum absolute atomic E-state index is 0.0798. The minimum atomic E-state index is -0.425. The number of aryl methyl sites for hydroxylation is 2. The molecule has 4 aromatic rings. The summed E-state index contributed by atoms with van der Waals surface area (Å²) in [5.41, 5.74) is 1.43. The van der Waals surface area contributed by atoms with Crippen LogP contribution < -0.4 is 11.2 Å². The Labute approximate surface area is 165 Å². The summed E-state index contributed by atoms with van der Waals surface area (Å²) >= 11 is 1.40. The summed E-state index contributed by atoms with van der Waals surface area (Å²) in [5.74, 6) is -0.367. The SMILES string of the molecule is Cc1sc2c(c1C)c(=O)n(Cc1ccccc1)c(=O)n2Cc1ccccc1F. The summed E-state index contributed by atoms with van der Waals surface area (Å²) in [4.78, 5) is 28.0. The molecule has 0 radical (unpaired) electrons. The third-order valence-electron chi connectivity index (χ3n) is 5.00. The Kier molecular flexibility index (Phi) is 4.73. The molecule has 2 heterocycles. The van der Waals surface area contributed by atoms with Gasteiger partial charge in [-0.3, -0.25) is 13.9 Å². The molecule has 4 nitrogen and oxygen atoms in total. The van der Waals surface area contributed by atoms with Gasteiger partial charge in [0.25, 0.3) is 5.56 Å². The average Bonchev–Trinajstić information content (AvgIpc) is 2.99. The molecule has 0 bridgehead atoms. The molecule has 0 N–H and O–H groups in total. The van der Waals surface area contributed by atoms with E-state index in [0.29, 0.717) is 15.8 Å². The van der Waals surface area contributed by atoms with Crippen molar-refractivity contribution in [2.24, 2.45) is 0 Å². The molecule has 0 fully saturated rings. The molecule has 0 saturated carbocycles. The first-order valence-corrected chi connectivity index (χ1v) is 9.79. The normalized spacial score (nSPS) is 11.2. The number of fused-ring (bicyclic) bond motifs is 1. The fraction of sp³-hybridized carbons (Fsp3) is 0.182. The van der Waals surface area contributed by atoms with Crippen LogP contribution in [0.1, 0.15) is 21.6 Å². The zero-order chi connectivity index (χ0) is 19.8. The summed E-state index contributed by atoms with van der Waals surface area (Å²) in [6.45, 7) is 4.08. The molecular formula is C22H19FN2O2S. The fourth-order valence-corrected chi connectivity index (χ4v) is 4.49. The van der Waals surface area contributed by atoms with Gasteiger partial charge in [-0.25, -0.2) is 9.18 Å². The van der Waals surface area contributed by atoms with Crippen LogP contribution in [0, 0.1) is 19.7 Å². The molecule has 0 unspecified atom stereocenters. The van der Waals surface area contributed by atoms with Gasteiger partial charge in [-0.15, -0.1) is 11.3 Å². The third kappa shape index (κ3) is 3.10. The Morgan fingerprint density at radius 3 is 2.29 bits per heavy atom. The van der Waals surface area contributed by atoms with Gasteiger partial charge in [-0.1, -0.05) is 48.5 Å². The van der Waals surface area contributed by atoms with Crippen LogP contribution in [-0.2, 0) is 13.1 Å². The van der Waals surface area contributed by atoms with Crippen molar-refractivity contribution < 1.29 is 4.39 Å². The highest BCUT2D eigenvalue weighted by Crippen LogP contribution is 2.27. The van der Waals surface area contributed by atoms with Crippen LogP contribution >= 0.6 is 11.3 Å². The van der Waals surface area contributed by atoms with E-state index < -0.39 is 5.69 Å². The molecule has 2 aromatic heterocycles. The van der Waals surface area contributed by atoms with E-state index in [4.69, 9.17) is 0 Å². The fourth-order valence-electron chi connectivity index (χ4n) is 3.35. The van der Waals surface area contributed by atoms with Gasteiger partial charge in [0.05, 0.1) is 18.5 Å². The van der Waals surface area contributed by atoms with Gasteiger partial charge in [0.15, 0.2) is 0 Å². The number of thiophene rings is 1. The number of hydrogen-bond acceptors (Lipinski definition) is 3. The molecule has 4 rings (SSSR count). The zero-order valence-electron chi connectivity index (χ0n) is 15.6. The van der Waals surface area contributed by atoms with Crippen molar-refractivity contribution in [1.29, 1.82) is 0 Å². The highest BCUT2D eigenvalue weighted by molar-refractivity contribution is 7.18. The summed E-state index contributed by atoms with van der Waals surface area (Å²) in [6.07, 6.45) is 0. The summed E-state index contributed by atoms with van der Waals surface area (Å²) in [5, 5.41) is 0.536. The third-order valence-corrected chi connectivity index (χ3v) is 6.23. The molecule has 0 aliphatic rings. The van der Waals surface area contributed by atoms with Crippen molar-refractivity contribution in [2.75, 3.05) is 0 Å². The van der Waals surface area contributed by atoms with E-state index in [2.05, 4.69) is 0 Å². The first kappa shape index (κ1) is 18.4. The van der Waals surface area contributed by atoms with Gasteiger partial charge >= 0.3 is 5.69 Å². The second-order valence-corrected chi connectivity index (χ2v) is 8.00. The van der Waals surface area contributed by atoms with Gasteiger partial charge in [-0.05, 0) is 31.0 Å². The summed E-state index contributed by atoms with van der Waals surface area (Å²) in [7, 11) is 0. The van der Waals surface area contributed by atoms with E-state index in [1.807, 2.05) is 44.2 Å². The Morgan fingerprint density at radius 2 is 1.57 bits per heavy atom. The van der Waals surface area contributed by atoms with Gasteiger partial charge in [0, 0.05) is 10.4 Å². The summed E-state index contributed by atoms with van der Waals surface area (Å²) < 4.78 is 17.0. The smallest absolute Gasteiger partial charge is 0.280 e. The molecule has 0 atom stereocenters. The van der Waals surface area contributed by atoms with Crippen molar-refractivity contribution >= 4 is 21.6 Å². The molecule has 0 aliphatic heterocycles. The molecule has 0 amide bonds. The number of hydrogen-bond donors (Lipinski definition) is 0. The Bertz CT molecular complexity index is 1290. The van der Waals surface area contributed by atoms with E-state index in [1.165, 1.54) is 26.5 Å². The highest BCUT2D eigenvalue weighted by Gasteiger charge is 2.19. The topological polar surface area (TPSA) is 44.0 Å². The van der Waals surface area contributed by atoms with Crippen LogP contribution in [0.3, 0.4) is 0 Å². The van der Waals surface area contributed by atoms with Crippen molar-refractivity contribution in [1.82, 2.24) is 9.13 Å². The number of nitrogens with zero attached hydrogens (tertiary/aromatic N) is 2. The maximum Gasteiger partial charge on any atom is 0.332 e. The van der Waals surface area contributed by atoms with E-state index in [9.17, 15) is 14.0 Å². The Hall–Kier alpha value is -2.99. The van der Waals surface area contributed by atoms with Gasteiger partial charge in [0.2, 0.25) is 0 Å². The zero-order valence-corrected chi connectivity index (χ0v) is 16.4. The summed E-state index contributed by atoms with van der Waals surface area (Å²) in [6, 6.07) is 15.8. The van der Waals surface area contributed by atoms with Crippen molar-refractivity contribution in [3.8, 4) is 0 Å². The van der Waals surface area contributed by atoms with E-state index in [0.717, 1.165) is 16.0 Å². The first-order chi connectivity index (χ1) is 13.5. The van der Waals surface area contributed by atoms with Crippen molar-refractivity contribution in [2.45, 2.75) is 26.9 Å². The maximum atomic E-state index is 14.2. The largest absolute Gasteiger partial charge is 0.332 e. The van der Waals surface area contributed by atoms with Crippen LogP contribution in [0.5, 0.6) is 0 Å². The lowest BCUT2D eigenvalue weighted by atomic mass is 10.2. The average molecular weight is 394 g/mol. The number of rotatable bonds is 4. The van der Waals surface area contributed by atoms with Crippen LogP contribution in [0.2, 0.25) is 0 Å². The second-order valence-electron chi connectivity index (χ2n) is 6.80. The molecule has 142 valence electrons. The number of halogens is 1. The minimum Gasteiger partial charge on any atom is -0.280 e. The lowest BCUT2D eigenvalue weighted by Gasteiger charge is -2.13. The highest BCUT2D eigenvalue weighted by atomic mass is 32.1. The van der Waals surface area contributed by atoms with E-state index >= 15 is 0 Å². The van der Waals surface area contributed by atoms with Crippen LogP contribution in [0.25, 0.3) is 10.2 Å². The van der Waals surface area contributed by atoms with Crippen molar-refractivity contribution in [3.05, 3.63) is 103 Å². The predicted octanol–water partition coefficient (Wildman–Crippen LogP) is 4.08. The quantitative estimate of drug-likeness (QED) is 0.524. The Balaban J connectivity index is 1.98. The monoisotopic (exact) mass is 394 g/mol.